The van der Waals surface area contributed by atoms with Gasteiger partial charge in [0.05, 0.1) is 6.04 Å². The van der Waals surface area contributed by atoms with Crippen LogP contribution in [0.4, 0.5) is 5.69 Å². The highest BCUT2D eigenvalue weighted by atomic mass is 16.2. The van der Waals surface area contributed by atoms with Crippen LogP contribution in [-0.4, -0.2) is 11.9 Å². The number of benzene rings is 1. The van der Waals surface area contributed by atoms with Crippen molar-refractivity contribution in [2.24, 2.45) is 5.73 Å². The van der Waals surface area contributed by atoms with Gasteiger partial charge in [-0.05, 0) is 37.0 Å². The summed E-state index contributed by atoms with van der Waals surface area (Å²) in [6, 6.07) is 7.65. The van der Waals surface area contributed by atoms with Crippen LogP contribution in [0.25, 0.3) is 0 Å². The highest BCUT2D eigenvalue weighted by Gasteiger charge is 2.12. The molecule has 0 radical (unpaired) electrons. The maximum atomic E-state index is 11.8. The first-order valence-electron chi connectivity index (χ1n) is 7.32. The van der Waals surface area contributed by atoms with Gasteiger partial charge in [-0.15, -0.1) is 0 Å². The molecule has 1 rings (SSSR count). The number of hydrogen-bond donors (Lipinski definition) is 2. The van der Waals surface area contributed by atoms with Crippen LogP contribution in [0.15, 0.2) is 24.3 Å². The molecule has 0 aliphatic heterocycles. The zero-order chi connectivity index (χ0) is 14.1. The van der Waals surface area contributed by atoms with Crippen molar-refractivity contribution in [3.05, 3.63) is 29.8 Å². The van der Waals surface area contributed by atoms with Gasteiger partial charge in [-0.25, -0.2) is 0 Å². The van der Waals surface area contributed by atoms with E-state index in [2.05, 4.69) is 31.3 Å². The number of amides is 1. The number of carbonyl (C=O) groups is 1. The monoisotopic (exact) mass is 262 g/mol. The molecule has 1 aromatic rings. The van der Waals surface area contributed by atoms with Gasteiger partial charge in [0, 0.05) is 5.69 Å². The summed E-state index contributed by atoms with van der Waals surface area (Å²) < 4.78 is 0. The normalized spacial score (nSPS) is 12.2. The third kappa shape index (κ3) is 5.88. The van der Waals surface area contributed by atoms with Gasteiger partial charge < -0.3 is 11.1 Å². The predicted octanol–water partition coefficient (Wildman–Crippen LogP) is 3.49. The molecule has 0 spiro atoms. The first kappa shape index (κ1) is 15.7. The van der Waals surface area contributed by atoms with Crippen LogP contribution in [0.5, 0.6) is 0 Å². The Morgan fingerprint density at radius 3 is 2.37 bits per heavy atom. The van der Waals surface area contributed by atoms with Crippen LogP contribution >= 0.6 is 0 Å². The number of rotatable bonds is 8. The van der Waals surface area contributed by atoms with E-state index in [1.165, 1.54) is 18.4 Å². The molecule has 0 heterocycles. The Hall–Kier alpha value is -1.35. The number of unbranched alkanes of at least 4 members (excludes halogenated alkanes) is 2. The molecule has 0 aliphatic carbocycles. The summed E-state index contributed by atoms with van der Waals surface area (Å²) in [5.74, 6) is -0.0882. The van der Waals surface area contributed by atoms with Crippen molar-refractivity contribution in [3.8, 4) is 0 Å². The molecule has 1 aromatic carbocycles. The van der Waals surface area contributed by atoms with Crippen molar-refractivity contribution in [1.29, 1.82) is 0 Å². The lowest BCUT2D eigenvalue weighted by molar-refractivity contribution is -0.117. The molecule has 0 aromatic heterocycles. The van der Waals surface area contributed by atoms with E-state index >= 15 is 0 Å². The summed E-state index contributed by atoms with van der Waals surface area (Å²) in [4.78, 5) is 11.8. The second kappa shape index (κ2) is 8.70. The summed E-state index contributed by atoms with van der Waals surface area (Å²) in [5.41, 5.74) is 7.98. The molecule has 0 saturated heterocycles. The van der Waals surface area contributed by atoms with Gasteiger partial charge in [0.1, 0.15) is 0 Å². The smallest absolute Gasteiger partial charge is 0.241 e. The Morgan fingerprint density at radius 2 is 1.79 bits per heavy atom. The molecule has 0 aliphatic rings. The molecule has 0 saturated carbocycles. The average molecular weight is 262 g/mol. The number of nitrogens with one attached hydrogen (secondary N) is 1. The molecular weight excluding hydrogens is 236 g/mol. The quantitative estimate of drug-likeness (QED) is 0.753. The lowest BCUT2D eigenvalue weighted by Gasteiger charge is -2.12. The zero-order valence-corrected chi connectivity index (χ0v) is 12.1. The van der Waals surface area contributed by atoms with Crippen LogP contribution < -0.4 is 11.1 Å². The van der Waals surface area contributed by atoms with Gasteiger partial charge in [-0.2, -0.15) is 0 Å². The molecule has 1 atom stereocenters. The van der Waals surface area contributed by atoms with Gasteiger partial charge in [0.2, 0.25) is 5.91 Å². The molecule has 1 amide bonds. The number of nitrogens with two attached hydrogens (primary N) is 1. The minimum Gasteiger partial charge on any atom is -0.325 e. The van der Waals surface area contributed by atoms with Gasteiger partial charge in [0.25, 0.3) is 0 Å². The largest absolute Gasteiger partial charge is 0.325 e. The maximum Gasteiger partial charge on any atom is 0.241 e. The van der Waals surface area contributed by atoms with Crippen molar-refractivity contribution in [3.63, 3.8) is 0 Å². The molecule has 0 unspecified atom stereocenters. The van der Waals surface area contributed by atoms with Crippen LogP contribution in [0.3, 0.4) is 0 Å². The third-order valence-electron chi connectivity index (χ3n) is 3.25. The number of carbonyl (C=O) groups excluding carboxylic acids is 1. The fraction of sp³-hybridized carbons (Fsp3) is 0.562. The Kier molecular flexibility index (Phi) is 7.19. The van der Waals surface area contributed by atoms with Crippen molar-refractivity contribution in [2.45, 2.75) is 58.4 Å². The molecule has 0 fully saturated rings. The molecule has 3 nitrogen and oxygen atoms in total. The Bertz CT molecular complexity index is 373. The first-order valence-corrected chi connectivity index (χ1v) is 7.32. The molecular formula is C16H26N2O. The summed E-state index contributed by atoms with van der Waals surface area (Å²) >= 11 is 0. The van der Waals surface area contributed by atoms with Gasteiger partial charge in [0.15, 0.2) is 0 Å². The second-order valence-corrected chi connectivity index (χ2v) is 5.04. The number of hydrogen-bond acceptors (Lipinski definition) is 2. The van der Waals surface area contributed by atoms with E-state index in [9.17, 15) is 4.79 Å². The van der Waals surface area contributed by atoms with Crippen molar-refractivity contribution in [2.75, 3.05) is 5.32 Å². The summed E-state index contributed by atoms with van der Waals surface area (Å²) in [5, 5.41) is 2.87. The SMILES string of the molecule is CCCCc1ccc(NC(=O)[C@@H](N)CCCC)cc1. The minimum atomic E-state index is -0.403. The van der Waals surface area contributed by atoms with Crippen LogP contribution in [0.1, 0.15) is 51.5 Å². The lowest BCUT2D eigenvalue weighted by Crippen LogP contribution is -2.35. The van der Waals surface area contributed by atoms with E-state index in [1.807, 2.05) is 12.1 Å². The average Bonchev–Trinajstić information content (AvgIpc) is 2.43. The summed E-state index contributed by atoms with van der Waals surface area (Å²) in [6.45, 7) is 4.28. The Morgan fingerprint density at radius 1 is 1.16 bits per heavy atom. The highest BCUT2D eigenvalue weighted by molar-refractivity contribution is 5.94. The predicted molar refractivity (Wildman–Crippen MR) is 81.2 cm³/mol. The standard InChI is InChI=1S/C16H26N2O/c1-3-5-7-13-9-11-14(12-10-13)18-16(19)15(17)8-6-4-2/h9-12,15H,3-8,17H2,1-2H3,(H,18,19)/t15-/m0/s1. The number of anilines is 1. The highest BCUT2D eigenvalue weighted by Crippen LogP contribution is 2.12. The fourth-order valence-corrected chi connectivity index (χ4v) is 1.93. The van der Waals surface area contributed by atoms with E-state index in [4.69, 9.17) is 5.73 Å². The van der Waals surface area contributed by atoms with E-state index in [-0.39, 0.29) is 5.91 Å². The van der Waals surface area contributed by atoms with E-state index in [0.717, 1.165) is 31.4 Å². The second-order valence-electron chi connectivity index (χ2n) is 5.04. The summed E-state index contributed by atoms with van der Waals surface area (Å²) in [6.07, 6.45) is 6.30. The third-order valence-corrected chi connectivity index (χ3v) is 3.25. The lowest BCUT2D eigenvalue weighted by atomic mass is 10.1. The zero-order valence-electron chi connectivity index (χ0n) is 12.1. The Labute approximate surface area is 116 Å². The first-order chi connectivity index (χ1) is 9.17. The molecule has 0 bridgehead atoms. The number of aryl methyl sites for hydroxylation is 1. The van der Waals surface area contributed by atoms with E-state index in [0.29, 0.717) is 0 Å². The van der Waals surface area contributed by atoms with Crippen molar-refractivity contribution in [1.82, 2.24) is 0 Å². The minimum absolute atomic E-state index is 0.0882. The van der Waals surface area contributed by atoms with Gasteiger partial charge in [-0.3, -0.25) is 4.79 Å². The topological polar surface area (TPSA) is 55.1 Å². The molecule has 106 valence electrons. The summed E-state index contributed by atoms with van der Waals surface area (Å²) in [7, 11) is 0. The molecule has 3 heteroatoms. The van der Waals surface area contributed by atoms with Crippen LogP contribution in [0.2, 0.25) is 0 Å². The van der Waals surface area contributed by atoms with Crippen molar-refractivity contribution >= 4 is 11.6 Å². The van der Waals surface area contributed by atoms with Crippen LogP contribution in [-0.2, 0) is 11.2 Å². The maximum absolute atomic E-state index is 11.8. The van der Waals surface area contributed by atoms with Crippen LogP contribution in [0, 0.1) is 0 Å². The van der Waals surface area contributed by atoms with Crippen molar-refractivity contribution < 1.29 is 4.79 Å². The van der Waals surface area contributed by atoms with Gasteiger partial charge in [-0.1, -0.05) is 45.2 Å². The van der Waals surface area contributed by atoms with E-state index in [1.54, 1.807) is 0 Å². The molecule has 3 N–H and O–H groups in total. The Balaban J connectivity index is 2.45. The fourth-order valence-electron chi connectivity index (χ4n) is 1.93. The van der Waals surface area contributed by atoms with E-state index < -0.39 is 6.04 Å². The van der Waals surface area contributed by atoms with Gasteiger partial charge >= 0.3 is 0 Å². The molecule has 19 heavy (non-hydrogen) atoms.